The molecule has 0 aliphatic heterocycles. The molecular weight excluding hydrogens is 371 g/mol. The van der Waals surface area contributed by atoms with Crippen molar-refractivity contribution in [3.05, 3.63) is 94.5 Å². The number of rotatable bonds is 9. The van der Waals surface area contributed by atoms with Gasteiger partial charge < -0.3 is 4.57 Å². The zero-order chi connectivity index (χ0) is 19.9. The molecule has 0 saturated carbocycles. The fraction of sp³-hybridized carbons (Fsp3) is 0.333. The van der Waals surface area contributed by atoms with E-state index in [0.29, 0.717) is 5.92 Å². The predicted molar refractivity (Wildman–Crippen MR) is 115 cm³/mol. The Morgan fingerprint density at radius 2 is 1.71 bits per heavy atom. The van der Waals surface area contributed by atoms with Crippen molar-refractivity contribution in [3.8, 4) is 0 Å². The van der Waals surface area contributed by atoms with E-state index in [1.807, 2.05) is 30.3 Å². The highest BCUT2D eigenvalue weighted by atomic mass is 35.5. The molecule has 3 rings (SSSR count). The van der Waals surface area contributed by atoms with Crippen molar-refractivity contribution in [3.63, 3.8) is 0 Å². The summed E-state index contributed by atoms with van der Waals surface area (Å²) in [7, 11) is 0. The van der Waals surface area contributed by atoms with Gasteiger partial charge in [0, 0.05) is 36.5 Å². The van der Waals surface area contributed by atoms with E-state index in [1.165, 1.54) is 17.8 Å². The summed E-state index contributed by atoms with van der Waals surface area (Å²) in [6, 6.07) is 19.0. The van der Waals surface area contributed by atoms with E-state index in [-0.39, 0.29) is 5.82 Å². The van der Waals surface area contributed by atoms with E-state index in [1.54, 1.807) is 0 Å². The number of halogens is 2. The summed E-state index contributed by atoms with van der Waals surface area (Å²) in [6.07, 6.45) is 3.23. The third-order valence-electron chi connectivity index (χ3n) is 4.95. The Morgan fingerprint density at radius 1 is 0.964 bits per heavy atom. The van der Waals surface area contributed by atoms with Crippen LogP contribution in [0.4, 0.5) is 4.39 Å². The van der Waals surface area contributed by atoms with Gasteiger partial charge in [-0.3, -0.25) is 4.90 Å². The maximum Gasteiger partial charge on any atom is 0.123 e. The van der Waals surface area contributed by atoms with Gasteiger partial charge >= 0.3 is 0 Å². The molecule has 2 nitrogen and oxygen atoms in total. The molecule has 0 bridgehead atoms. The van der Waals surface area contributed by atoms with Crippen molar-refractivity contribution in [2.45, 2.75) is 39.9 Å². The molecule has 0 fully saturated rings. The molecule has 0 radical (unpaired) electrons. The molecule has 1 heterocycles. The van der Waals surface area contributed by atoms with Crippen LogP contribution in [0.2, 0.25) is 5.02 Å². The lowest BCUT2D eigenvalue weighted by Gasteiger charge is -2.25. The largest absolute Gasteiger partial charge is 0.346 e. The molecule has 0 saturated heterocycles. The van der Waals surface area contributed by atoms with Gasteiger partial charge in [0.1, 0.15) is 5.82 Å². The standard InChI is InChI=1S/C24H28ClFN2/c1-19(2)13-15-27(17-21-6-3-4-8-24(21)25)18-23-7-5-14-28(23)16-20-9-11-22(26)12-10-20/h3-12,14,19H,13,15-18H2,1-2H3. The van der Waals surface area contributed by atoms with E-state index in [0.717, 1.165) is 48.7 Å². The number of hydrogen-bond acceptors (Lipinski definition) is 1. The number of hydrogen-bond donors (Lipinski definition) is 0. The third kappa shape index (κ3) is 5.95. The van der Waals surface area contributed by atoms with Crippen LogP contribution in [-0.2, 0) is 19.6 Å². The van der Waals surface area contributed by atoms with Gasteiger partial charge in [-0.1, -0.05) is 55.8 Å². The monoisotopic (exact) mass is 398 g/mol. The summed E-state index contributed by atoms with van der Waals surface area (Å²) in [5.74, 6) is 0.454. The lowest BCUT2D eigenvalue weighted by atomic mass is 10.1. The molecule has 0 atom stereocenters. The SMILES string of the molecule is CC(C)CCN(Cc1ccccc1Cl)Cc1cccn1Cc1ccc(F)cc1. The van der Waals surface area contributed by atoms with Gasteiger partial charge in [0.25, 0.3) is 0 Å². The van der Waals surface area contributed by atoms with E-state index < -0.39 is 0 Å². The van der Waals surface area contributed by atoms with Gasteiger partial charge in [0.05, 0.1) is 0 Å². The Bertz CT molecular complexity index is 870. The van der Waals surface area contributed by atoms with Gasteiger partial charge in [-0.15, -0.1) is 0 Å². The van der Waals surface area contributed by atoms with Crippen molar-refractivity contribution >= 4 is 11.6 Å². The van der Waals surface area contributed by atoms with Crippen LogP contribution in [0.3, 0.4) is 0 Å². The van der Waals surface area contributed by atoms with Crippen LogP contribution in [0.5, 0.6) is 0 Å². The maximum atomic E-state index is 13.2. The fourth-order valence-corrected chi connectivity index (χ4v) is 3.48. The van der Waals surface area contributed by atoms with Crippen LogP contribution < -0.4 is 0 Å². The van der Waals surface area contributed by atoms with E-state index >= 15 is 0 Å². The Labute approximate surface area is 172 Å². The molecule has 0 N–H and O–H groups in total. The second-order valence-electron chi connectivity index (χ2n) is 7.74. The van der Waals surface area contributed by atoms with Crippen LogP contribution in [0.1, 0.15) is 37.1 Å². The minimum atomic E-state index is -0.198. The predicted octanol–water partition coefficient (Wildman–Crippen LogP) is 6.38. The molecule has 148 valence electrons. The van der Waals surface area contributed by atoms with Crippen LogP contribution in [0.25, 0.3) is 0 Å². The average molecular weight is 399 g/mol. The van der Waals surface area contributed by atoms with Crippen LogP contribution >= 0.6 is 11.6 Å². The zero-order valence-corrected chi connectivity index (χ0v) is 17.4. The van der Waals surface area contributed by atoms with Crippen LogP contribution in [0, 0.1) is 11.7 Å². The minimum absolute atomic E-state index is 0.198. The Kier molecular flexibility index (Phi) is 7.30. The lowest BCUT2D eigenvalue weighted by molar-refractivity contribution is 0.236. The summed E-state index contributed by atoms with van der Waals surface area (Å²) < 4.78 is 15.4. The molecule has 28 heavy (non-hydrogen) atoms. The molecule has 4 heteroatoms. The molecule has 0 aliphatic rings. The highest BCUT2D eigenvalue weighted by Crippen LogP contribution is 2.20. The highest BCUT2D eigenvalue weighted by Gasteiger charge is 2.12. The van der Waals surface area contributed by atoms with Crippen molar-refractivity contribution in [2.24, 2.45) is 5.92 Å². The first-order chi connectivity index (χ1) is 13.5. The second kappa shape index (κ2) is 9.90. The molecule has 0 unspecified atom stereocenters. The van der Waals surface area contributed by atoms with E-state index in [4.69, 9.17) is 11.6 Å². The summed E-state index contributed by atoms with van der Waals surface area (Å²) in [5, 5.41) is 0.818. The molecular formula is C24H28ClFN2. The summed E-state index contributed by atoms with van der Waals surface area (Å²) in [5.41, 5.74) is 3.50. The van der Waals surface area contributed by atoms with Gasteiger partial charge in [-0.25, -0.2) is 4.39 Å². The lowest BCUT2D eigenvalue weighted by Crippen LogP contribution is -2.26. The van der Waals surface area contributed by atoms with Crippen LogP contribution in [0.15, 0.2) is 66.9 Å². The van der Waals surface area contributed by atoms with Crippen molar-refractivity contribution in [1.82, 2.24) is 9.47 Å². The number of aromatic nitrogens is 1. The fourth-order valence-electron chi connectivity index (χ4n) is 3.29. The minimum Gasteiger partial charge on any atom is -0.346 e. The maximum absolute atomic E-state index is 13.2. The summed E-state index contributed by atoms with van der Waals surface area (Å²) in [6.45, 7) is 7.95. The van der Waals surface area contributed by atoms with Gasteiger partial charge in [-0.05, 0) is 60.3 Å². The Hall–Kier alpha value is -2.10. The normalized spacial score (nSPS) is 11.5. The van der Waals surface area contributed by atoms with Crippen LogP contribution in [-0.4, -0.2) is 16.0 Å². The topological polar surface area (TPSA) is 8.17 Å². The van der Waals surface area contributed by atoms with Gasteiger partial charge in [0.2, 0.25) is 0 Å². The smallest absolute Gasteiger partial charge is 0.123 e. The molecule has 3 aromatic rings. The number of nitrogens with zero attached hydrogens (tertiary/aromatic N) is 2. The first-order valence-electron chi connectivity index (χ1n) is 9.85. The Morgan fingerprint density at radius 3 is 2.43 bits per heavy atom. The van der Waals surface area contributed by atoms with Crippen molar-refractivity contribution < 1.29 is 4.39 Å². The quantitative estimate of drug-likeness (QED) is 0.406. The number of benzene rings is 2. The summed E-state index contributed by atoms with van der Waals surface area (Å²) >= 11 is 6.40. The second-order valence-corrected chi connectivity index (χ2v) is 8.15. The van der Waals surface area contributed by atoms with Crippen molar-refractivity contribution in [2.75, 3.05) is 6.54 Å². The summed E-state index contributed by atoms with van der Waals surface area (Å²) in [4.78, 5) is 2.46. The average Bonchev–Trinajstić information content (AvgIpc) is 3.10. The van der Waals surface area contributed by atoms with E-state index in [2.05, 4.69) is 47.7 Å². The van der Waals surface area contributed by atoms with Crippen molar-refractivity contribution in [1.29, 1.82) is 0 Å². The van der Waals surface area contributed by atoms with Gasteiger partial charge in [-0.2, -0.15) is 0 Å². The first kappa shape index (κ1) is 20.6. The van der Waals surface area contributed by atoms with Gasteiger partial charge in [0.15, 0.2) is 0 Å². The molecule has 1 aromatic heterocycles. The van der Waals surface area contributed by atoms with E-state index in [9.17, 15) is 4.39 Å². The molecule has 2 aromatic carbocycles. The molecule has 0 spiro atoms. The molecule has 0 aliphatic carbocycles. The first-order valence-corrected chi connectivity index (χ1v) is 10.2. The zero-order valence-electron chi connectivity index (χ0n) is 16.6. The third-order valence-corrected chi connectivity index (χ3v) is 5.32. The highest BCUT2D eigenvalue weighted by molar-refractivity contribution is 6.31. The Balaban J connectivity index is 1.74. The molecule has 0 amide bonds.